The summed E-state index contributed by atoms with van der Waals surface area (Å²) in [6.45, 7) is 3.73. The molecule has 0 saturated carbocycles. The Balaban J connectivity index is 1.55. The maximum absolute atomic E-state index is 13.3. The summed E-state index contributed by atoms with van der Waals surface area (Å²) < 4.78 is 44.1. The summed E-state index contributed by atoms with van der Waals surface area (Å²) in [5.74, 6) is 0.550. The third-order valence-corrected chi connectivity index (χ3v) is 7.38. The second kappa shape index (κ2) is 11.4. The number of morpholine rings is 1. The van der Waals surface area contributed by atoms with Gasteiger partial charge < -0.3 is 19.5 Å². The van der Waals surface area contributed by atoms with Crippen LogP contribution in [0.25, 0.3) is 0 Å². The van der Waals surface area contributed by atoms with E-state index < -0.39 is 16.1 Å². The third kappa shape index (κ3) is 6.00. The number of amides is 1. The highest BCUT2D eigenvalue weighted by Gasteiger charge is 2.27. The molecule has 0 aromatic heterocycles. The van der Waals surface area contributed by atoms with Crippen LogP contribution in [0.15, 0.2) is 83.8 Å². The molecule has 0 spiro atoms. The lowest BCUT2D eigenvalue weighted by atomic mass is 10.1. The van der Waals surface area contributed by atoms with Crippen LogP contribution in [0.5, 0.6) is 11.5 Å². The molecular formula is C26H28N2O6S. The highest BCUT2D eigenvalue weighted by molar-refractivity contribution is 7.89. The first-order valence-corrected chi connectivity index (χ1v) is 12.9. The van der Waals surface area contributed by atoms with Crippen molar-refractivity contribution >= 4 is 21.6 Å². The van der Waals surface area contributed by atoms with Crippen molar-refractivity contribution in [3.63, 3.8) is 0 Å². The van der Waals surface area contributed by atoms with E-state index in [2.05, 4.69) is 5.32 Å². The molecule has 35 heavy (non-hydrogen) atoms. The van der Waals surface area contributed by atoms with Crippen LogP contribution in [0.2, 0.25) is 0 Å². The van der Waals surface area contributed by atoms with Gasteiger partial charge in [0, 0.05) is 18.7 Å². The number of benzene rings is 3. The molecule has 1 aliphatic heterocycles. The van der Waals surface area contributed by atoms with Crippen LogP contribution in [0.1, 0.15) is 18.6 Å². The Bertz CT molecular complexity index is 1230. The third-order valence-electron chi connectivity index (χ3n) is 5.47. The molecule has 1 N–H and O–H groups in total. The molecule has 1 aliphatic rings. The van der Waals surface area contributed by atoms with Gasteiger partial charge in [0.05, 0.1) is 30.4 Å². The standard InChI is InChI=1S/C26H28N2O6S/c1-2-33-24-11-7-6-10-23(24)27-26(29)25(20-8-4-3-5-9-20)34-21-12-14-22(15-13-21)35(30,31)28-16-18-32-19-17-28/h3-15,25H,2,16-19H2,1H3,(H,27,29)/t25-/m0/s1. The van der Waals surface area contributed by atoms with E-state index in [1.165, 1.54) is 16.4 Å². The van der Waals surface area contributed by atoms with Crippen molar-refractivity contribution in [1.29, 1.82) is 0 Å². The van der Waals surface area contributed by atoms with Crippen LogP contribution < -0.4 is 14.8 Å². The lowest BCUT2D eigenvalue weighted by Gasteiger charge is -2.26. The number of ether oxygens (including phenoxy) is 3. The maximum Gasteiger partial charge on any atom is 0.270 e. The van der Waals surface area contributed by atoms with Gasteiger partial charge in [0.2, 0.25) is 16.1 Å². The molecular weight excluding hydrogens is 468 g/mol. The van der Waals surface area contributed by atoms with Gasteiger partial charge in [0.15, 0.2) is 0 Å². The van der Waals surface area contributed by atoms with Crippen molar-refractivity contribution in [3.8, 4) is 11.5 Å². The van der Waals surface area contributed by atoms with Gasteiger partial charge in [0.1, 0.15) is 11.5 Å². The normalized spacial score (nSPS) is 15.2. The van der Waals surface area contributed by atoms with E-state index in [0.717, 1.165) is 0 Å². The maximum atomic E-state index is 13.3. The number of sulfonamides is 1. The van der Waals surface area contributed by atoms with Gasteiger partial charge in [-0.1, -0.05) is 42.5 Å². The summed E-state index contributed by atoms with van der Waals surface area (Å²) in [6.07, 6.45) is -0.965. The van der Waals surface area contributed by atoms with Crippen LogP contribution in [0.3, 0.4) is 0 Å². The summed E-state index contributed by atoms with van der Waals surface area (Å²) in [7, 11) is -3.62. The Morgan fingerprint density at radius 3 is 2.31 bits per heavy atom. The lowest BCUT2D eigenvalue weighted by molar-refractivity contribution is -0.123. The number of carbonyl (C=O) groups is 1. The topological polar surface area (TPSA) is 94.2 Å². The Labute approximate surface area is 205 Å². The fraction of sp³-hybridized carbons (Fsp3) is 0.269. The van der Waals surface area contributed by atoms with Crippen molar-refractivity contribution in [1.82, 2.24) is 4.31 Å². The lowest BCUT2D eigenvalue weighted by Crippen LogP contribution is -2.40. The molecule has 0 unspecified atom stereocenters. The zero-order chi connectivity index (χ0) is 24.7. The van der Waals surface area contributed by atoms with Gasteiger partial charge in [-0.15, -0.1) is 0 Å². The minimum atomic E-state index is -3.62. The van der Waals surface area contributed by atoms with Crippen molar-refractivity contribution in [2.75, 3.05) is 38.2 Å². The number of anilines is 1. The predicted octanol–water partition coefficient (Wildman–Crippen LogP) is 3.87. The molecule has 9 heteroatoms. The van der Waals surface area contributed by atoms with E-state index in [1.54, 1.807) is 36.4 Å². The Morgan fingerprint density at radius 2 is 1.63 bits per heavy atom. The number of hydrogen-bond donors (Lipinski definition) is 1. The van der Waals surface area contributed by atoms with Gasteiger partial charge >= 0.3 is 0 Å². The zero-order valence-corrected chi connectivity index (χ0v) is 20.2. The zero-order valence-electron chi connectivity index (χ0n) is 19.4. The van der Waals surface area contributed by atoms with Crippen molar-refractivity contribution in [2.24, 2.45) is 0 Å². The van der Waals surface area contributed by atoms with Crippen LogP contribution in [0, 0.1) is 0 Å². The monoisotopic (exact) mass is 496 g/mol. The average molecular weight is 497 g/mol. The van der Waals surface area contributed by atoms with Crippen molar-refractivity contribution in [2.45, 2.75) is 17.9 Å². The molecule has 1 amide bonds. The summed E-state index contributed by atoms with van der Waals surface area (Å²) in [5.41, 5.74) is 1.19. The number of nitrogens with zero attached hydrogens (tertiary/aromatic N) is 1. The molecule has 3 aromatic carbocycles. The molecule has 1 fully saturated rings. The minimum absolute atomic E-state index is 0.165. The van der Waals surface area contributed by atoms with Crippen molar-refractivity contribution < 1.29 is 27.4 Å². The van der Waals surface area contributed by atoms with Gasteiger partial charge in [0.25, 0.3) is 5.91 Å². The number of hydrogen-bond acceptors (Lipinski definition) is 6. The summed E-state index contributed by atoms with van der Waals surface area (Å²) in [5, 5.41) is 2.89. The van der Waals surface area contributed by atoms with Crippen LogP contribution in [0.4, 0.5) is 5.69 Å². The molecule has 0 aliphatic carbocycles. The molecule has 1 saturated heterocycles. The van der Waals surface area contributed by atoms with Gasteiger partial charge in [-0.2, -0.15) is 4.31 Å². The summed E-state index contributed by atoms with van der Waals surface area (Å²) in [4.78, 5) is 13.5. The van der Waals surface area contributed by atoms with Crippen molar-refractivity contribution in [3.05, 3.63) is 84.4 Å². The molecule has 0 bridgehead atoms. The first-order valence-electron chi connectivity index (χ1n) is 11.4. The molecule has 4 rings (SSSR count). The van der Waals surface area contributed by atoms with Crippen LogP contribution in [-0.4, -0.2) is 51.5 Å². The highest BCUT2D eigenvalue weighted by Crippen LogP contribution is 2.29. The number of nitrogens with one attached hydrogen (secondary N) is 1. The predicted molar refractivity (Wildman–Crippen MR) is 132 cm³/mol. The average Bonchev–Trinajstić information content (AvgIpc) is 2.90. The largest absolute Gasteiger partial charge is 0.492 e. The smallest absolute Gasteiger partial charge is 0.270 e. The fourth-order valence-corrected chi connectivity index (χ4v) is 5.12. The van der Waals surface area contributed by atoms with E-state index in [9.17, 15) is 13.2 Å². The van der Waals surface area contributed by atoms with E-state index in [1.807, 2.05) is 37.3 Å². The number of carbonyl (C=O) groups excluding carboxylic acids is 1. The van der Waals surface area contributed by atoms with Gasteiger partial charge in [-0.25, -0.2) is 8.42 Å². The van der Waals surface area contributed by atoms with Crippen LogP contribution >= 0.6 is 0 Å². The molecule has 184 valence electrons. The Kier molecular flexibility index (Phi) is 8.02. The van der Waals surface area contributed by atoms with E-state index in [4.69, 9.17) is 14.2 Å². The molecule has 8 nitrogen and oxygen atoms in total. The van der Waals surface area contributed by atoms with Gasteiger partial charge in [-0.05, 0) is 43.3 Å². The van der Waals surface area contributed by atoms with Gasteiger partial charge in [-0.3, -0.25) is 4.79 Å². The van der Waals surface area contributed by atoms with Crippen LogP contribution in [-0.2, 0) is 19.6 Å². The Morgan fingerprint density at radius 1 is 0.971 bits per heavy atom. The quantitative estimate of drug-likeness (QED) is 0.483. The van der Waals surface area contributed by atoms with E-state index in [0.29, 0.717) is 55.7 Å². The van der Waals surface area contributed by atoms with E-state index in [-0.39, 0.29) is 10.8 Å². The molecule has 1 atom stereocenters. The fourth-order valence-electron chi connectivity index (χ4n) is 3.71. The number of para-hydroxylation sites is 2. The summed E-state index contributed by atoms with van der Waals surface area (Å²) in [6, 6.07) is 22.4. The Hall–Kier alpha value is -3.40. The summed E-state index contributed by atoms with van der Waals surface area (Å²) >= 11 is 0. The first kappa shape index (κ1) is 24.7. The first-order chi connectivity index (χ1) is 17.0. The molecule has 1 heterocycles. The molecule has 3 aromatic rings. The SMILES string of the molecule is CCOc1ccccc1NC(=O)[C@@H](Oc1ccc(S(=O)(=O)N2CCOCC2)cc1)c1ccccc1. The number of rotatable bonds is 9. The highest BCUT2D eigenvalue weighted by atomic mass is 32.2. The second-order valence-corrected chi connectivity index (χ2v) is 9.75. The molecule has 0 radical (unpaired) electrons. The second-order valence-electron chi connectivity index (χ2n) is 7.81. The minimum Gasteiger partial charge on any atom is -0.492 e. The van der Waals surface area contributed by atoms with E-state index >= 15 is 0 Å².